The second kappa shape index (κ2) is 8.11. The second-order valence-electron chi connectivity index (χ2n) is 9.44. The van der Waals surface area contributed by atoms with Crippen molar-refractivity contribution in [3.8, 4) is 0 Å². The number of ether oxygens (including phenoxy) is 1. The molecule has 1 aromatic heterocycles. The van der Waals surface area contributed by atoms with E-state index >= 15 is 4.39 Å². The van der Waals surface area contributed by atoms with E-state index in [9.17, 15) is 4.79 Å². The largest absolute Gasteiger partial charge is 0.381 e. The van der Waals surface area contributed by atoms with Crippen molar-refractivity contribution in [1.29, 1.82) is 0 Å². The first kappa shape index (κ1) is 22.4. The maximum atomic E-state index is 15.4. The summed E-state index contributed by atoms with van der Waals surface area (Å²) >= 11 is 1.28. The molecule has 2 saturated heterocycles. The molecule has 2 aromatic rings. The molecule has 0 saturated carbocycles. The number of alkyl halides is 1. The summed E-state index contributed by atoms with van der Waals surface area (Å²) < 4.78 is 21.0. The fourth-order valence-corrected chi connectivity index (χ4v) is 6.21. The van der Waals surface area contributed by atoms with Crippen LogP contribution in [0.2, 0.25) is 0 Å². The van der Waals surface area contributed by atoms with Crippen molar-refractivity contribution in [3.63, 3.8) is 0 Å². The standard InChI is InChI=1S/C23H29FN6O2S/c1-14(31)30-12-22(2,24)19-15(30)4-3-5-16(19)33-21-20(26)28-18(10-27-21)29-8-6-23(7-9-29)13-32-11-17(23)25/h3-5,10,17H,6-9,11-13,25H2,1-2H3,(H2,26,28)/t17-,22?/m1/s1. The fraction of sp³-hybridized carbons (Fsp3) is 0.522. The molecule has 10 heteroatoms. The third-order valence-corrected chi connectivity index (χ3v) is 8.23. The molecule has 33 heavy (non-hydrogen) atoms. The highest BCUT2D eigenvalue weighted by Crippen LogP contribution is 2.48. The maximum Gasteiger partial charge on any atom is 0.223 e. The molecule has 3 aliphatic rings. The van der Waals surface area contributed by atoms with Gasteiger partial charge >= 0.3 is 0 Å². The molecule has 1 amide bonds. The van der Waals surface area contributed by atoms with Crippen LogP contribution in [-0.2, 0) is 15.2 Å². The molecule has 8 nitrogen and oxygen atoms in total. The van der Waals surface area contributed by atoms with Gasteiger partial charge in [0.1, 0.15) is 10.8 Å². The number of amides is 1. The quantitative estimate of drug-likeness (QED) is 0.702. The summed E-state index contributed by atoms with van der Waals surface area (Å²) in [6.45, 7) is 5.95. The summed E-state index contributed by atoms with van der Waals surface area (Å²) in [4.78, 5) is 25.5. The Morgan fingerprint density at radius 1 is 1.33 bits per heavy atom. The lowest BCUT2D eigenvalue weighted by atomic mass is 9.75. The Kier molecular flexibility index (Phi) is 5.49. The number of nitrogens with two attached hydrogens (primary N) is 2. The van der Waals surface area contributed by atoms with Crippen molar-refractivity contribution in [1.82, 2.24) is 9.97 Å². The molecule has 1 spiro atoms. The van der Waals surface area contributed by atoms with Gasteiger partial charge in [-0.2, -0.15) is 0 Å². The van der Waals surface area contributed by atoms with Gasteiger partial charge in [0, 0.05) is 41.9 Å². The highest BCUT2D eigenvalue weighted by molar-refractivity contribution is 7.99. The van der Waals surface area contributed by atoms with E-state index in [0.717, 1.165) is 38.4 Å². The van der Waals surface area contributed by atoms with Gasteiger partial charge in [-0.3, -0.25) is 4.79 Å². The molecule has 2 fully saturated rings. The van der Waals surface area contributed by atoms with Gasteiger partial charge in [-0.1, -0.05) is 17.8 Å². The number of fused-ring (bicyclic) bond motifs is 1. The van der Waals surface area contributed by atoms with Crippen molar-refractivity contribution in [3.05, 3.63) is 30.0 Å². The number of aromatic nitrogens is 2. The van der Waals surface area contributed by atoms with E-state index in [-0.39, 0.29) is 23.9 Å². The highest BCUT2D eigenvalue weighted by atomic mass is 32.2. The Morgan fingerprint density at radius 2 is 2.09 bits per heavy atom. The third kappa shape index (κ3) is 3.83. The summed E-state index contributed by atoms with van der Waals surface area (Å²) in [6.07, 6.45) is 3.62. The number of carbonyl (C=O) groups is 1. The Hall–Kier alpha value is -2.43. The fourth-order valence-electron chi connectivity index (χ4n) is 5.18. The molecule has 5 rings (SSSR count). The number of nitrogen functional groups attached to an aromatic ring is 1. The monoisotopic (exact) mass is 472 g/mol. The first-order valence-electron chi connectivity index (χ1n) is 11.2. The lowest BCUT2D eigenvalue weighted by molar-refractivity contribution is -0.116. The number of piperidine rings is 1. The third-order valence-electron chi connectivity index (χ3n) is 7.17. The van der Waals surface area contributed by atoms with Crippen LogP contribution in [0.25, 0.3) is 0 Å². The SMILES string of the molecule is CC(=O)N1CC(C)(F)c2c(Sc3ncc(N4CCC5(CC4)COC[C@H]5N)nc3N)cccc21. The lowest BCUT2D eigenvalue weighted by Gasteiger charge is -2.41. The van der Waals surface area contributed by atoms with Crippen LogP contribution >= 0.6 is 11.8 Å². The van der Waals surface area contributed by atoms with Gasteiger partial charge in [0.05, 0.1) is 31.6 Å². The summed E-state index contributed by atoms with van der Waals surface area (Å²) in [5, 5.41) is 0.518. The predicted octanol–water partition coefficient (Wildman–Crippen LogP) is 2.71. The summed E-state index contributed by atoms with van der Waals surface area (Å²) in [6, 6.07) is 5.50. The van der Waals surface area contributed by atoms with Crippen LogP contribution in [0.4, 0.5) is 21.7 Å². The number of anilines is 3. The number of carbonyl (C=O) groups excluding carboxylic acids is 1. The molecular weight excluding hydrogens is 443 g/mol. The van der Waals surface area contributed by atoms with Crippen molar-refractivity contribution >= 4 is 35.0 Å². The normalized spacial score (nSPS) is 26.1. The van der Waals surface area contributed by atoms with E-state index in [4.69, 9.17) is 16.2 Å². The van der Waals surface area contributed by atoms with Crippen LogP contribution in [0.15, 0.2) is 34.3 Å². The Bertz CT molecular complexity index is 1090. The van der Waals surface area contributed by atoms with Gasteiger partial charge < -0.3 is 26.0 Å². The minimum absolute atomic E-state index is 0.000483. The molecule has 0 aliphatic carbocycles. The molecule has 1 aromatic carbocycles. The highest BCUT2D eigenvalue weighted by Gasteiger charge is 2.45. The lowest BCUT2D eigenvalue weighted by Crippen LogP contribution is -2.49. The van der Waals surface area contributed by atoms with Gasteiger partial charge in [0.25, 0.3) is 0 Å². The van der Waals surface area contributed by atoms with Gasteiger partial charge in [-0.25, -0.2) is 14.4 Å². The topological polar surface area (TPSA) is 111 Å². The van der Waals surface area contributed by atoms with Gasteiger partial charge in [0.2, 0.25) is 5.91 Å². The van der Waals surface area contributed by atoms with E-state index in [1.807, 2.05) is 12.1 Å². The van der Waals surface area contributed by atoms with Crippen LogP contribution in [0.3, 0.4) is 0 Å². The van der Waals surface area contributed by atoms with E-state index in [1.165, 1.54) is 30.5 Å². The van der Waals surface area contributed by atoms with Crippen molar-refractivity contribution in [2.45, 2.75) is 48.3 Å². The minimum Gasteiger partial charge on any atom is -0.381 e. The van der Waals surface area contributed by atoms with Crippen LogP contribution in [0, 0.1) is 5.41 Å². The predicted molar refractivity (Wildman–Crippen MR) is 126 cm³/mol. The number of hydrogen-bond donors (Lipinski definition) is 2. The maximum absolute atomic E-state index is 15.4. The Morgan fingerprint density at radius 3 is 2.73 bits per heavy atom. The number of halogens is 1. The van der Waals surface area contributed by atoms with E-state index in [1.54, 1.807) is 12.3 Å². The zero-order chi connectivity index (χ0) is 23.4. The number of hydrogen-bond acceptors (Lipinski definition) is 8. The zero-order valence-corrected chi connectivity index (χ0v) is 19.7. The van der Waals surface area contributed by atoms with E-state index in [0.29, 0.717) is 33.6 Å². The van der Waals surface area contributed by atoms with Crippen LogP contribution < -0.4 is 21.3 Å². The van der Waals surface area contributed by atoms with Crippen LogP contribution in [0.1, 0.15) is 32.3 Å². The average molecular weight is 473 g/mol. The van der Waals surface area contributed by atoms with Gasteiger partial charge in [0.15, 0.2) is 11.5 Å². The van der Waals surface area contributed by atoms with Crippen molar-refractivity contribution in [2.75, 3.05) is 48.4 Å². The first-order chi connectivity index (χ1) is 15.7. The summed E-state index contributed by atoms with van der Waals surface area (Å²) in [5.74, 6) is 0.853. The number of nitrogens with zero attached hydrogens (tertiary/aromatic N) is 4. The Balaban J connectivity index is 1.35. The first-order valence-corrected chi connectivity index (χ1v) is 12.0. The molecule has 0 radical (unpaired) electrons. The number of benzene rings is 1. The van der Waals surface area contributed by atoms with E-state index < -0.39 is 5.67 Å². The summed E-state index contributed by atoms with van der Waals surface area (Å²) in [7, 11) is 0. The van der Waals surface area contributed by atoms with Gasteiger partial charge in [-0.05, 0) is 31.9 Å². The smallest absolute Gasteiger partial charge is 0.223 e. The molecule has 2 atom stereocenters. The van der Waals surface area contributed by atoms with Crippen LogP contribution in [-0.4, -0.2) is 54.8 Å². The molecule has 4 N–H and O–H groups in total. The molecular formula is C23H29FN6O2S. The minimum atomic E-state index is -1.65. The Labute approximate surface area is 196 Å². The average Bonchev–Trinajstić information content (AvgIpc) is 3.27. The molecule has 3 aliphatic heterocycles. The molecule has 1 unspecified atom stereocenters. The van der Waals surface area contributed by atoms with Crippen molar-refractivity contribution in [2.24, 2.45) is 11.1 Å². The number of rotatable bonds is 3. The van der Waals surface area contributed by atoms with Gasteiger partial charge in [-0.15, -0.1) is 0 Å². The van der Waals surface area contributed by atoms with Crippen molar-refractivity contribution < 1.29 is 13.9 Å². The summed E-state index contributed by atoms with van der Waals surface area (Å²) in [5.41, 5.74) is 12.1. The molecule has 0 bridgehead atoms. The second-order valence-corrected chi connectivity index (χ2v) is 10.5. The molecule has 4 heterocycles. The van der Waals surface area contributed by atoms with Crippen LogP contribution in [0.5, 0.6) is 0 Å². The van der Waals surface area contributed by atoms with E-state index in [2.05, 4.69) is 14.9 Å². The molecule has 176 valence electrons. The zero-order valence-electron chi connectivity index (χ0n) is 18.9.